The van der Waals surface area contributed by atoms with Gasteiger partial charge >= 0.3 is 0 Å². The normalized spacial score (nSPS) is 12.5. The number of benzene rings is 1. The maximum absolute atomic E-state index is 5.89. The topological polar surface area (TPSA) is 44.5 Å². The van der Waals surface area contributed by atoms with Crippen molar-refractivity contribution in [3.05, 3.63) is 28.2 Å². The lowest BCUT2D eigenvalue weighted by Crippen LogP contribution is -2.11. The molecule has 0 fully saturated rings. The fourth-order valence-corrected chi connectivity index (χ4v) is 1.81. The van der Waals surface area contributed by atoms with Crippen molar-refractivity contribution in [2.24, 2.45) is 5.73 Å². The highest BCUT2D eigenvalue weighted by Gasteiger charge is 2.08. The Bertz CT molecular complexity index is 342. The first-order valence-corrected chi connectivity index (χ1v) is 6.70. The maximum atomic E-state index is 5.89. The van der Waals surface area contributed by atoms with E-state index in [1.807, 2.05) is 25.1 Å². The van der Waals surface area contributed by atoms with Crippen LogP contribution in [-0.2, 0) is 4.74 Å². The van der Waals surface area contributed by atoms with Crippen LogP contribution < -0.4 is 10.5 Å². The van der Waals surface area contributed by atoms with Crippen LogP contribution in [0.5, 0.6) is 5.75 Å². The molecule has 0 spiro atoms. The molecule has 1 atom stereocenters. The molecule has 0 saturated carbocycles. The second-order valence-electron chi connectivity index (χ2n) is 3.93. The third-order valence-electron chi connectivity index (χ3n) is 2.30. The zero-order valence-electron chi connectivity index (χ0n) is 10.4. The first-order chi connectivity index (χ1) is 8.15. The van der Waals surface area contributed by atoms with E-state index in [9.17, 15) is 0 Å². The summed E-state index contributed by atoms with van der Waals surface area (Å²) in [6.45, 7) is 5.98. The van der Waals surface area contributed by atoms with E-state index in [-0.39, 0.29) is 6.04 Å². The molecule has 17 heavy (non-hydrogen) atoms. The Kier molecular flexibility index (Phi) is 6.55. The molecule has 0 radical (unpaired) electrons. The highest BCUT2D eigenvalue weighted by Crippen LogP contribution is 2.27. The SMILES string of the molecule is CCCOCCOc1cc(Br)ccc1C(C)N. The molecule has 0 aliphatic heterocycles. The lowest BCUT2D eigenvalue weighted by molar-refractivity contribution is 0.100. The number of hydrogen-bond donors (Lipinski definition) is 1. The van der Waals surface area contributed by atoms with Crippen LogP contribution >= 0.6 is 15.9 Å². The van der Waals surface area contributed by atoms with Crippen LogP contribution in [0, 0.1) is 0 Å². The van der Waals surface area contributed by atoms with Crippen LogP contribution in [0.2, 0.25) is 0 Å². The van der Waals surface area contributed by atoms with Gasteiger partial charge < -0.3 is 15.2 Å². The van der Waals surface area contributed by atoms with Gasteiger partial charge in [-0.05, 0) is 25.5 Å². The molecular weight excluding hydrogens is 282 g/mol. The van der Waals surface area contributed by atoms with Gasteiger partial charge in [0.15, 0.2) is 0 Å². The number of hydrogen-bond acceptors (Lipinski definition) is 3. The molecule has 4 heteroatoms. The highest BCUT2D eigenvalue weighted by molar-refractivity contribution is 9.10. The fourth-order valence-electron chi connectivity index (χ4n) is 1.47. The monoisotopic (exact) mass is 301 g/mol. The van der Waals surface area contributed by atoms with Crippen LogP contribution in [0.15, 0.2) is 22.7 Å². The zero-order valence-corrected chi connectivity index (χ0v) is 12.0. The molecule has 96 valence electrons. The number of ether oxygens (including phenoxy) is 2. The van der Waals surface area contributed by atoms with Gasteiger partial charge in [-0.2, -0.15) is 0 Å². The van der Waals surface area contributed by atoms with E-state index in [1.165, 1.54) is 0 Å². The smallest absolute Gasteiger partial charge is 0.125 e. The molecule has 0 saturated heterocycles. The molecule has 0 aliphatic rings. The molecule has 2 N–H and O–H groups in total. The Morgan fingerprint density at radius 3 is 2.71 bits per heavy atom. The van der Waals surface area contributed by atoms with Gasteiger partial charge in [0.1, 0.15) is 12.4 Å². The van der Waals surface area contributed by atoms with E-state index in [4.69, 9.17) is 15.2 Å². The Balaban J connectivity index is 2.53. The molecule has 0 aromatic heterocycles. The lowest BCUT2D eigenvalue weighted by atomic mass is 10.1. The Labute approximate surface area is 111 Å². The van der Waals surface area contributed by atoms with Crippen molar-refractivity contribution in [3.63, 3.8) is 0 Å². The Morgan fingerprint density at radius 1 is 1.29 bits per heavy atom. The van der Waals surface area contributed by atoms with Crippen molar-refractivity contribution >= 4 is 15.9 Å². The summed E-state index contributed by atoms with van der Waals surface area (Å²) in [5, 5.41) is 0. The van der Waals surface area contributed by atoms with Crippen molar-refractivity contribution < 1.29 is 9.47 Å². The van der Waals surface area contributed by atoms with E-state index >= 15 is 0 Å². The Hall–Kier alpha value is -0.580. The van der Waals surface area contributed by atoms with Gasteiger partial charge in [-0.15, -0.1) is 0 Å². The molecular formula is C13H20BrNO2. The predicted octanol–water partition coefficient (Wildman–Crippen LogP) is 3.27. The second-order valence-corrected chi connectivity index (χ2v) is 4.85. The number of halogens is 1. The number of nitrogens with two attached hydrogens (primary N) is 1. The maximum Gasteiger partial charge on any atom is 0.125 e. The minimum Gasteiger partial charge on any atom is -0.491 e. The number of rotatable bonds is 7. The Morgan fingerprint density at radius 2 is 2.06 bits per heavy atom. The summed E-state index contributed by atoms with van der Waals surface area (Å²) in [5.74, 6) is 0.828. The first kappa shape index (κ1) is 14.5. The minimum atomic E-state index is -0.0327. The van der Waals surface area contributed by atoms with E-state index in [0.29, 0.717) is 13.2 Å². The predicted molar refractivity (Wildman–Crippen MR) is 73.3 cm³/mol. The summed E-state index contributed by atoms with van der Waals surface area (Å²) >= 11 is 3.43. The summed E-state index contributed by atoms with van der Waals surface area (Å²) < 4.78 is 12.1. The van der Waals surface area contributed by atoms with E-state index < -0.39 is 0 Å². The minimum absolute atomic E-state index is 0.0327. The van der Waals surface area contributed by atoms with Crippen LogP contribution in [0.1, 0.15) is 31.9 Å². The lowest BCUT2D eigenvalue weighted by Gasteiger charge is -2.14. The highest BCUT2D eigenvalue weighted by atomic mass is 79.9. The second kappa shape index (κ2) is 7.69. The van der Waals surface area contributed by atoms with Gasteiger partial charge in [-0.3, -0.25) is 0 Å². The molecule has 1 aromatic carbocycles. The molecule has 0 heterocycles. The van der Waals surface area contributed by atoms with Gasteiger partial charge in [0.25, 0.3) is 0 Å². The third-order valence-corrected chi connectivity index (χ3v) is 2.79. The van der Waals surface area contributed by atoms with Crippen molar-refractivity contribution in [1.29, 1.82) is 0 Å². The van der Waals surface area contributed by atoms with Gasteiger partial charge in [0.05, 0.1) is 6.61 Å². The van der Waals surface area contributed by atoms with Crippen LogP contribution in [0.3, 0.4) is 0 Å². The molecule has 0 bridgehead atoms. The first-order valence-electron chi connectivity index (χ1n) is 5.90. The van der Waals surface area contributed by atoms with E-state index in [2.05, 4.69) is 22.9 Å². The average Bonchev–Trinajstić information content (AvgIpc) is 2.28. The van der Waals surface area contributed by atoms with Crippen molar-refractivity contribution in [3.8, 4) is 5.75 Å². The van der Waals surface area contributed by atoms with Gasteiger partial charge in [-0.25, -0.2) is 0 Å². The zero-order chi connectivity index (χ0) is 12.7. The van der Waals surface area contributed by atoms with Crippen LogP contribution in [-0.4, -0.2) is 19.8 Å². The van der Waals surface area contributed by atoms with Gasteiger partial charge in [-0.1, -0.05) is 28.9 Å². The van der Waals surface area contributed by atoms with E-state index in [0.717, 1.165) is 28.8 Å². The molecule has 3 nitrogen and oxygen atoms in total. The van der Waals surface area contributed by atoms with Crippen LogP contribution in [0.4, 0.5) is 0 Å². The van der Waals surface area contributed by atoms with Crippen LogP contribution in [0.25, 0.3) is 0 Å². The molecule has 0 aliphatic carbocycles. The van der Waals surface area contributed by atoms with Crippen molar-refractivity contribution in [1.82, 2.24) is 0 Å². The largest absolute Gasteiger partial charge is 0.491 e. The average molecular weight is 302 g/mol. The standard InChI is InChI=1S/C13H20BrNO2/c1-3-6-16-7-8-17-13-9-11(14)4-5-12(13)10(2)15/h4-5,9-10H,3,6-8,15H2,1-2H3. The molecule has 1 rings (SSSR count). The van der Waals surface area contributed by atoms with Gasteiger partial charge in [0, 0.05) is 22.7 Å². The summed E-state index contributed by atoms with van der Waals surface area (Å²) in [6.07, 6.45) is 1.03. The van der Waals surface area contributed by atoms with Gasteiger partial charge in [0.2, 0.25) is 0 Å². The molecule has 0 amide bonds. The van der Waals surface area contributed by atoms with E-state index in [1.54, 1.807) is 0 Å². The van der Waals surface area contributed by atoms with Crippen molar-refractivity contribution in [2.45, 2.75) is 26.3 Å². The third kappa shape index (κ3) is 5.06. The summed E-state index contributed by atoms with van der Waals surface area (Å²) in [7, 11) is 0. The summed E-state index contributed by atoms with van der Waals surface area (Å²) in [6, 6.07) is 5.86. The van der Waals surface area contributed by atoms with Crippen molar-refractivity contribution in [2.75, 3.05) is 19.8 Å². The summed E-state index contributed by atoms with van der Waals surface area (Å²) in [5.41, 5.74) is 6.91. The molecule has 1 aromatic rings. The summed E-state index contributed by atoms with van der Waals surface area (Å²) in [4.78, 5) is 0. The molecule has 1 unspecified atom stereocenters. The quantitative estimate of drug-likeness (QED) is 0.786. The fraction of sp³-hybridized carbons (Fsp3) is 0.538.